The molecule has 5 aromatic rings. The van der Waals surface area contributed by atoms with Crippen molar-refractivity contribution in [3.8, 4) is 22.3 Å². The van der Waals surface area contributed by atoms with Crippen molar-refractivity contribution in [3.63, 3.8) is 0 Å². The first-order valence-electron chi connectivity index (χ1n) is 10.7. The topological polar surface area (TPSA) is 50.7 Å². The Bertz CT molecular complexity index is 1390. The minimum absolute atomic E-state index is 0.715. The standard InChI is InChI=1S/C28H24N4/c1-19-15-24(9-12-29-19)22-5-3-21(4-6-22)18-32-28-27-8-7-23(17-26(27)11-14-31-28)25-10-13-30-20(2)16-25/h3-17H,18H2,1-2H3,(H,31,32). The van der Waals surface area contributed by atoms with Crippen molar-refractivity contribution >= 4 is 16.6 Å². The normalized spacial score (nSPS) is 10.9. The maximum atomic E-state index is 4.59. The lowest BCUT2D eigenvalue weighted by Gasteiger charge is -2.11. The Morgan fingerprint density at radius 3 is 1.88 bits per heavy atom. The van der Waals surface area contributed by atoms with E-state index in [1.165, 1.54) is 27.8 Å². The number of pyridine rings is 3. The first-order chi connectivity index (χ1) is 15.7. The van der Waals surface area contributed by atoms with Crippen LogP contribution in [0.4, 0.5) is 5.82 Å². The van der Waals surface area contributed by atoms with Crippen LogP contribution in [0.15, 0.2) is 91.4 Å². The number of benzene rings is 2. The molecule has 2 aromatic carbocycles. The molecule has 0 aliphatic carbocycles. The second kappa shape index (κ2) is 8.60. The quantitative estimate of drug-likeness (QED) is 0.351. The molecule has 0 aliphatic heterocycles. The van der Waals surface area contributed by atoms with E-state index < -0.39 is 0 Å². The molecule has 0 fully saturated rings. The Kier molecular flexibility index (Phi) is 5.34. The van der Waals surface area contributed by atoms with Gasteiger partial charge < -0.3 is 5.32 Å². The number of aromatic nitrogens is 3. The molecule has 0 unspecified atom stereocenters. The van der Waals surface area contributed by atoms with Gasteiger partial charge in [-0.2, -0.15) is 0 Å². The predicted octanol–water partition coefficient (Wildman–Crippen LogP) is 6.59. The third-order valence-electron chi connectivity index (χ3n) is 5.64. The molecule has 3 heterocycles. The zero-order valence-electron chi connectivity index (χ0n) is 18.2. The number of anilines is 1. The minimum Gasteiger partial charge on any atom is -0.365 e. The lowest BCUT2D eigenvalue weighted by atomic mass is 10.0. The second-order valence-corrected chi connectivity index (χ2v) is 8.02. The Morgan fingerprint density at radius 2 is 1.19 bits per heavy atom. The van der Waals surface area contributed by atoms with Gasteiger partial charge in [-0.25, -0.2) is 4.98 Å². The molecule has 5 rings (SSSR count). The second-order valence-electron chi connectivity index (χ2n) is 8.02. The van der Waals surface area contributed by atoms with E-state index in [-0.39, 0.29) is 0 Å². The van der Waals surface area contributed by atoms with Crippen molar-refractivity contribution in [2.75, 3.05) is 5.32 Å². The van der Waals surface area contributed by atoms with Crippen LogP contribution >= 0.6 is 0 Å². The summed E-state index contributed by atoms with van der Waals surface area (Å²) in [7, 11) is 0. The van der Waals surface area contributed by atoms with Gasteiger partial charge in [-0.3, -0.25) is 9.97 Å². The number of nitrogens with zero attached hydrogens (tertiary/aromatic N) is 3. The lowest BCUT2D eigenvalue weighted by Crippen LogP contribution is -2.02. The first-order valence-corrected chi connectivity index (χ1v) is 10.7. The fraction of sp³-hybridized carbons (Fsp3) is 0.107. The van der Waals surface area contributed by atoms with Gasteiger partial charge >= 0.3 is 0 Å². The van der Waals surface area contributed by atoms with Crippen LogP contribution in [0.5, 0.6) is 0 Å². The van der Waals surface area contributed by atoms with Crippen LogP contribution in [-0.4, -0.2) is 15.0 Å². The van der Waals surface area contributed by atoms with E-state index in [0.29, 0.717) is 6.54 Å². The van der Waals surface area contributed by atoms with E-state index in [2.05, 4.69) is 80.9 Å². The molecule has 1 N–H and O–H groups in total. The molecule has 156 valence electrons. The molecule has 0 atom stereocenters. The molecule has 4 nitrogen and oxygen atoms in total. The van der Waals surface area contributed by atoms with Gasteiger partial charge in [0.05, 0.1) is 0 Å². The van der Waals surface area contributed by atoms with Crippen LogP contribution in [-0.2, 0) is 6.54 Å². The first kappa shape index (κ1) is 19.9. The van der Waals surface area contributed by atoms with Gasteiger partial charge in [0.2, 0.25) is 0 Å². The van der Waals surface area contributed by atoms with E-state index >= 15 is 0 Å². The van der Waals surface area contributed by atoms with Crippen LogP contribution in [0.3, 0.4) is 0 Å². The van der Waals surface area contributed by atoms with E-state index in [4.69, 9.17) is 0 Å². The fourth-order valence-corrected chi connectivity index (χ4v) is 3.95. The van der Waals surface area contributed by atoms with Crippen molar-refractivity contribution in [2.24, 2.45) is 0 Å². The summed E-state index contributed by atoms with van der Waals surface area (Å²) in [5.41, 5.74) is 8.00. The molecule has 32 heavy (non-hydrogen) atoms. The van der Waals surface area contributed by atoms with Gasteiger partial charge in [0.15, 0.2) is 0 Å². The molecule has 0 radical (unpaired) electrons. The van der Waals surface area contributed by atoms with E-state index in [0.717, 1.165) is 28.0 Å². The van der Waals surface area contributed by atoms with E-state index in [9.17, 15) is 0 Å². The predicted molar refractivity (Wildman–Crippen MR) is 131 cm³/mol. The van der Waals surface area contributed by atoms with Gasteiger partial charge in [0, 0.05) is 41.9 Å². The van der Waals surface area contributed by atoms with Gasteiger partial charge in [-0.1, -0.05) is 36.4 Å². The number of hydrogen-bond donors (Lipinski definition) is 1. The smallest absolute Gasteiger partial charge is 0.134 e. The number of rotatable bonds is 5. The van der Waals surface area contributed by atoms with Gasteiger partial charge in [-0.15, -0.1) is 0 Å². The number of hydrogen-bond acceptors (Lipinski definition) is 4. The van der Waals surface area contributed by atoms with Crippen LogP contribution in [0, 0.1) is 13.8 Å². The Morgan fingerprint density at radius 1 is 0.594 bits per heavy atom. The average Bonchev–Trinajstić information content (AvgIpc) is 2.82. The zero-order valence-corrected chi connectivity index (χ0v) is 18.2. The Labute approximate surface area is 188 Å². The largest absolute Gasteiger partial charge is 0.365 e. The van der Waals surface area contributed by atoms with Crippen molar-refractivity contribution in [1.29, 1.82) is 0 Å². The maximum Gasteiger partial charge on any atom is 0.134 e. The van der Waals surface area contributed by atoms with Crippen LogP contribution in [0.25, 0.3) is 33.0 Å². The zero-order chi connectivity index (χ0) is 21.9. The molecule has 0 aliphatic rings. The summed E-state index contributed by atoms with van der Waals surface area (Å²) >= 11 is 0. The van der Waals surface area contributed by atoms with Crippen molar-refractivity contribution < 1.29 is 0 Å². The lowest BCUT2D eigenvalue weighted by molar-refractivity contribution is 1.12. The summed E-state index contributed by atoms with van der Waals surface area (Å²) < 4.78 is 0. The Balaban J connectivity index is 1.35. The molecule has 0 spiro atoms. The summed E-state index contributed by atoms with van der Waals surface area (Å²) in [5, 5.41) is 5.79. The van der Waals surface area contributed by atoms with Crippen molar-refractivity contribution in [1.82, 2.24) is 15.0 Å². The maximum absolute atomic E-state index is 4.59. The molecule has 0 saturated carbocycles. The molecule has 0 saturated heterocycles. The van der Waals surface area contributed by atoms with Gasteiger partial charge in [0.1, 0.15) is 5.82 Å². The SMILES string of the molecule is Cc1cc(-c2ccc(CNc3nccc4cc(-c5ccnc(C)c5)ccc34)cc2)ccn1. The van der Waals surface area contributed by atoms with Crippen LogP contribution < -0.4 is 5.32 Å². The van der Waals surface area contributed by atoms with Gasteiger partial charge in [0.25, 0.3) is 0 Å². The summed E-state index contributed by atoms with van der Waals surface area (Å²) in [5.74, 6) is 0.897. The number of nitrogens with one attached hydrogen (secondary N) is 1. The monoisotopic (exact) mass is 416 g/mol. The third-order valence-corrected chi connectivity index (χ3v) is 5.64. The highest BCUT2D eigenvalue weighted by Gasteiger charge is 2.06. The van der Waals surface area contributed by atoms with Crippen LogP contribution in [0.2, 0.25) is 0 Å². The van der Waals surface area contributed by atoms with E-state index in [1.807, 2.05) is 44.6 Å². The minimum atomic E-state index is 0.715. The van der Waals surface area contributed by atoms with E-state index in [1.54, 1.807) is 0 Å². The summed E-state index contributed by atoms with van der Waals surface area (Å²) in [6.07, 6.45) is 5.57. The number of fused-ring (bicyclic) bond motifs is 1. The van der Waals surface area contributed by atoms with Crippen molar-refractivity contribution in [2.45, 2.75) is 20.4 Å². The molecular formula is C28H24N4. The van der Waals surface area contributed by atoms with Gasteiger partial charge in [-0.05, 0) is 83.4 Å². The third kappa shape index (κ3) is 4.21. The summed E-state index contributed by atoms with van der Waals surface area (Å²) in [6, 6.07) is 25.5. The fourth-order valence-electron chi connectivity index (χ4n) is 3.95. The Hall–Kier alpha value is -4.05. The molecule has 4 heteroatoms. The average molecular weight is 417 g/mol. The molecule has 0 bridgehead atoms. The van der Waals surface area contributed by atoms with Crippen LogP contribution in [0.1, 0.15) is 17.0 Å². The number of aryl methyl sites for hydroxylation is 2. The molecular weight excluding hydrogens is 392 g/mol. The highest BCUT2D eigenvalue weighted by atomic mass is 15.0. The molecule has 0 amide bonds. The summed E-state index contributed by atoms with van der Waals surface area (Å²) in [4.78, 5) is 13.2. The van der Waals surface area contributed by atoms with Crippen molar-refractivity contribution in [3.05, 3.63) is 108 Å². The highest BCUT2D eigenvalue weighted by Crippen LogP contribution is 2.28. The molecule has 3 aromatic heterocycles. The highest BCUT2D eigenvalue weighted by molar-refractivity contribution is 5.94. The summed E-state index contributed by atoms with van der Waals surface area (Å²) in [6.45, 7) is 4.74.